The fraction of sp³-hybridized carbons (Fsp3) is 0.182. The molecule has 0 aliphatic carbocycles. The smallest absolute Gasteiger partial charge is 0.308 e. The number of imide groups is 1. The molecule has 0 atom stereocenters. The van der Waals surface area contributed by atoms with Crippen molar-refractivity contribution in [3.63, 3.8) is 0 Å². The number of urea groups is 1. The van der Waals surface area contributed by atoms with Crippen LogP contribution in [-0.4, -0.2) is 11.9 Å². The Morgan fingerprint density at radius 1 is 1.44 bits per heavy atom. The predicted octanol–water partition coefficient (Wildman–Crippen LogP) is 1.56. The molecule has 0 heterocycles. The maximum Gasteiger partial charge on any atom is 0.325 e. The molecule has 5 nitrogen and oxygen atoms in total. The molecule has 0 radical (unpaired) electrons. The second-order valence-corrected chi connectivity index (χ2v) is 3.21. The number of amides is 3. The summed E-state index contributed by atoms with van der Waals surface area (Å²) in [5.41, 5.74) is 1.60. The van der Waals surface area contributed by atoms with Gasteiger partial charge in [-0.2, -0.15) is 5.26 Å². The molecule has 1 aromatic rings. The number of rotatable bonds is 2. The zero-order valence-corrected chi connectivity index (χ0v) is 8.78. The van der Waals surface area contributed by atoms with E-state index < -0.39 is 11.9 Å². The van der Waals surface area contributed by atoms with Crippen LogP contribution in [0.15, 0.2) is 24.3 Å². The zero-order valence-electron chi connectivity index (χ0n) is 8.78. The van der Waals surface area contributed by atoms with Gasteiger partial charge in [0.15, 0.2) is 0 Å². The second kappa shape index (κ2) is 5.51. The average molecular weight is 217 g/mol. The molecule has 1 rings (SSSR count). The van der Waals surface area contributed by atoms with E-state index >= 15 is 0 Å². The SMILES string of the molecule is Cc1cccc(NC(=O)NC(=O)CC#N)c1. The first-order valence-electron chi connectivity index (χ1n) is 4.66. The van der Waals surface area contributed by atoms with E-state index in [4.69, 9.17) is 5.26 Å². The lowest BCUT2D eigenvalue weighted by atomic mass is 10.2. The Balaban J connectivity index is 2.52. The molecule has 0 aliphatic rings. The molecule has 2 N–H and O–H groups in total. The van der Waals surface area contributed by atoms with Crippen molar-refractivity contribution in [3.05, 3.63) is 29.8 Å². The van der Waals surface area contributed by atoms with Gasteiger partial charge in [0.25, 0.3) is 0 Å². The quantitative estimate of drug-likeness (QED) is 0.788. The summed E-state index contributed by atoms with van der Waals surface area (Å²) in [7, 11) is 0. The summed E-state index contributed by atoms with van der Waals surface area (Å²) in [4.78, 5) is 22.2. The van der Waals surface area contributed by atoms with Gasteiger partial charge in [-0.25, -0.2) is 4.79 Å². The van der Waals surface area contributed by atoms with Crippen LogP contribution < -0.4 is 10.6 Å². The van der Waals surface area contributed by atoms with E-state index in [0.29, 0.717) is 5.69 Å². The molecule has 1 aromatic carbocycles. The Morgan fingerprint density at radius 3 is 2.81 bits per heavy atom. The third-order valence-corrected chi connectivity index (χ3v) is 1.77. The maximum atomic E-state index is 11.3. The van der Waals surface area contributed by atoms with Gasteiger partial charge in [0, 0.05) is 5.69 Å². The van der Waals surface area contributed by atoms with Crippen LogP contribution in [0.5, 0.6) is 0 Å². The molecule has 0 spiro atoms. The number of benzene rings is 1. The molecule has 3 amide bonds. The monoisotopic (exact) mass is 217 g/mol. The molecule has 0 unspecified atom stereocenters. The van der Waals surface area contributed by atoms with Gasteiger partial charge in [-0.1, -0.05) is 12.1 Å². The van der Waals surface area contributed by atoms with Crippen LogP contribution in [0.3, 0.4) is 0 Å². The van der Waals surface area contributed by atoms with E-state index in [1.54, 1.807) is 24.3 Å². The van der Waals surface area contributed by atoms with Gasteiger partial charge in [-0.15, -0.1) is 0 Å². The number of anilines is 1. The molecule has 16 heavy (non-hydrogen) atoms. The van der Waals surface area contributed by atoms with Crippen LogP contribution in [0.2, 0.25) is 0 Å². The van der Waals surface area contributed by atoms with E-state index in [0.717, 1.165) is 5.56 Å². The summed E-state index contributed by atoms with van der Waals surface area (Å²) < 4.78 is 0. The molecule has 0 saturated heterocycles. The number of carbonyl (C=O) groups excluding carboxylic acids is 2. The summed E-state index contributed by atoms with van der Waals surface area (Å²) in [6.45, 7) is 1.89. The van der Waals surface area contributed by atoms with Crippen molar-refractivity contribution in [2.24, 2.45) is 0 Å². The minimum atomic E-state index is -0.633. The molecule has 0 fully saturated rings. The van der Waals surface area contributed by atoms with Gasteiger partial charge in [0.05, 0.1) is 6.07 Å². The van der Waals surface area contributed by atoms with Crippen molar-refractivity contribution in [1.82, 2.24) is 5.32 Å². The van der Waals surface area contributed by atoms with Gasteiger partial charge >= 0.3 is 6.03 Å². The number of carbonyl (C=O) groups is 2. The van der Waals surface area contributed by atoms with Crippen molar-refractivity contribution < 1.29 is 9.59 Å². The lowest BCUT2D eigenvalue weighted by Crippen LogP contribution is -2.33. The maximum absolute atomic E-state index is 11.3. The third-order valence-electron chi connectivity index (χ3n) is 1.77. The lowest BCUT2D eigenvalue weighted by molar-refractivity contribution is -0.118. The van der Waals surface area contributed by atoms with Crippen LogP contribution in [0.1, 0.15) is 12.0 Å². The van der Waals surface area contributed by atoms with Gasteiger partial charge in [-0.3, -0.25) is 10.1 Å². The Hall–Kier alpha value is -2.35. The van der Waals surface area contributed by atoms with Crippen LogP contribution >= 0.6 is 0 Å². The normalized spacial score (nSPS) is 9.00. The molecule has 0 aromatic heterocycles. The number of nitriles is 1. The minimum absolute atomic E-state index is 0.332. The highest BCUT2D eigenvalue weighted by Gasteiger charge is 2.06. The zero-order chi connectivity index (χ0) is 12.0. The predicted molar refractivity (Wildman–Crippen MR) is 58.6 cm³/mol. The van der Waals surface area contributed by atoms with Crippen LogP contribution in [0, 0.1) is 18.3 Å². The Kier molecular flexibility index (Phi) is 4.04. The van der Waals surface area contributed by atoms with Crippen molar-refractivity contribution in [1.29, 1.82) is 5.26 Å². The number of nitrogens with one attached hydrogen (secondary N) is 2. The molecule has 0 saturated carbocycles. The molecular formula is C11H11N3O2. The highest BCUT2D eigenvalue weighted by atomic mass is 16.2. The molecule has 0 bridgehead atoms. The van der Waals surface area contributed by atoms with Crippen LogP contribution in [0.4, 0.5) is 10.5 Å². The highest BCUT2D eigenvalue weighted by molar-refractivity contribution is 6.01. The molecular weight excluding hydrogens is 206 g/mol. The van der Waals surface area contributed by atoms with Crippen molar-refractivity contribution in [2.45, 2.75) is 13.3 Å². The summed E-state index contributed by atoms with van der Waals surface area (Å²) in [5.74, 6) is -0.618. The minimum Gasteiger partial charge on any atom is -0.308 e. The van der Waals surface area contributed by atoms with Gasteiger partial charge in [0.1, 0.15) is 6.42 Å². The average Bonchev–Trinajstić information content (AvgIpc) is 2.17. The van der Waals surface area contributed by atoms with E-state index in [-0.39, 0.29) is 6.42 Å². The van der Waals surface area contributed by atoms with Crippen LogP contribution in [0.25, 0.3) is 0 Å². The second-order valence-electron chi connectivity index (χ2n) is 3.21. The first kappa shape index (κ1) is 11.7. The van der Waals surface area contributed by atoms with Gasteiger partial charge < -0.3 is 5.32 Å². The molecule has 5 heteroatoms. The molecule has 0 aliphatic heterocycles. The summed E-state index contributed by atoms with van der Waals surface area (Å²) in [6, 6.07) is 8.19. The van der Waals surface area contributed by atoms with E-state index in [1.165, 1.54) is 0 Å². The highest BCUT2D eigenvalue weighted by Crippen LogP contribution is 2.08. The topological polar surface area (TPSA) is 82.0 Å². The number of hydrogen-bond donors (Lipinski definition) is 2. The summed E-state index contributed by atoms with van der Waals surface area (Å²) in [6.07, 6.45) is -0.332. The fourth-order valence-electron chi connectivity index (χ4n) is 1.13. The largest absolute Gasteiger partial charge is 0.325 e. The Bertz CT molecular complexity index is 449. The standard InChI is InChI=1S/C11H11N3O2/c1-8-3-2-4-9(7-8)13-11(16)14-10(15)5-6-12/h2-4,7H,5H2,1H3,(H2,13,14,15,16). The van der Waals surface area contributed by atoms with Crippen LogP contribution in [-0.2, 0) is 4.79 Å². The van der Waals surface area contributed by atoms with E-state index in [1.807, 2.05) is 18.3 Å². The summed E-state index contributed by atoms with van der Waals surface area (Å²) >= 11 is 0. The number of aryl methyl sites for hydroxylation is 1. The summed E-state index contributed by atoms with van der Waals surface area (Å²) in [5, 5.41) is 12.8. The van der Waals surface area contributed by atoms with Gasteiger partial charge in [-0.05, 0) is 24.6 Å². The number of hydrogen-bond acceptors (Lipinski definition) is 3. The van der Waals surface area contributed by atoms with E-state index in [2.05, 4.69) is 5.32 Å². The van der Waals surface area contributed by atoms with Gasteiger partial charge in [0.2, 0.25) is 5.91 Å². The lowest BCUT2D eigenvalue weighted by Gasteiger charge is -2.05. The number of nitrogens with zero attached hydrogens (tertiary/aromatic N) is 1. The van der Waals surface area contributed by atoms with Crippen molar-refractivity contribution in [3.8, 4) is 6.07 Å². The van der Waals surface area contributed by atoms with E-state index in [9.17, 15) is 9.59 Å². The molecule has 82 valence electrons. The Morgan fingerprint density at radius 2 is 2.19 bits per heavy atom. The van der Waals surface area contributed by atoms with Crippen molar-refractivity contribution >= 4 is 17.6 Å². The first-order valence-corrected chi connectivity index (χ1v) is 4.66. The Labute approximate surface area is 93.1 Å². The fourth-order valence-corrected chi connectivity index (χ4v) is 1.13. The van der Waals surface area contributed by atoms with Crippen molar-refractivity contribution in [2.75, 3.05) is 5.32 Å². The first-order chi connectivity index (χ1) is 7.61. The third kappa shape index (κ3) is 3.80.